The van der Waals surface area contributed by atoms with Gasteiger partial charge in [0.2, 0.25) is 0 Å². The van der Waals surface area contributed by atoms with Crippen LogP contribution in [0.25, 0.3) is 0 Å². The number of nitrogens with one attached hydrogen (secondary N) is 1. The maximum Gasteiger partial charge on any atom is 0.416 e. The second-order valence-corrected chi connectivity index (χ2v) is 6.44. The number of urea groups is 1. The van der Waals surface area contributed by atoms with Crippen molar-refractivity contribution in [1.82, 2.24) is 14.7 Å². The van der Waals surface area contributed by atoms with Gasteiger partial charge in [0, 0.05) is 31.5 Å². The zero-order valence-electron chi connectivity index (χ0n) is 14.3. The van der Waals surface area contributed by atoms with E-state index in [2.05, 4.69) is 10.4 Å². The average Bonchev–Trinajstić information content (AvgIpc) is 3.22. The van der Waals surface area contributed by atoms with E-state index in [0.717, 1.165) is 24.1 Å². The van der Waals surface area contributed by atoms with Crippen molar-refractivity contribution >= 4 is 11.7 Å². The summed E-state index contributed by atoms with van der Waals surface area (Å²) in [5, 5.41) is 6.81. The summed E-state index contributed by atoms with van der Waals surface area (Å²) in [6, 6.07) is 3.00. The molecule has 1 saturated heterocycles. The lowest BCUT2D eigenvalue weighted by atomic mass is 10.1. The van der Waals surface area contributed by atoms with Crippen molar-refractivity contribution in [2.75, 3.05) is 18.4 Å². The number of carbonyl (C=O) groups is 1. The summed E-state index contributed by atoms with van der Waals surface area (Å²) in [5.74, 6) is 0. The van der Waals surface area contributed by atoms with E-state index in [0.29, 0.717) is 18.7 Å². The van der Waals surface area contributed by atoms with Crippen LogP contribution in [0.15, 0.2) is 30.6 Å². The predicted molar refractivity (Wildman–Crippen MR) is 90.5 cm³/mol. The number of amides is 2. The van der Waals surface area contributed by atoms with E-state index in [4.69, 9.17) is 5.73 Å². The smallest absolute Gasteiger partial charge is 0.326 e. The van der Waals surface area contributed by atoms with Crippen molar-refractivity contribution in [2.24, 2.45) is 5.73 Å². The number of likely N-dealkylation sites (tertiary alicyclic amines) is 1. The average molecular weight is 367 g/mol. The molecule has 2 amide bonds. The van der Waals surface area contributed by atoms with Gasteiger partial charge in [-0.1, -0.05) is 0 Å². The predicted octanol–water partition coefficient (Wildman–Crippen LogP) is 3.15. The van der Waals surface area contributed by atoms with E-state index in [9.17, 15) is 18.0 Å². The van der Waals surface area contributed by atoms with Crippen LogP contribution in [0, 0.1) is 6.92 Å². The fraction of sp³-hybridized carbons (Fsp3) is 0.412. The van der Waals surface area contributed by atoms with Gasteiger partial charge in [-0.15, -0.1) is 0 Å². The van der Waals surface area contributed by atoms with Crippen molar-refractivity contribution < 1.29 is 18.0 Å². The Morgan fingerprint density at radius 1 is 1.38 bits per heavy atom. The molecule has 1 aliphatic heterocycles. The van der Waals surface area contributed by atoms with E-state index in [1.807, 2.05) is 17.8 Å². The lowest BCUT2D eigenvalue weighted by Gasteiger charge is -2.19. The zero-order chi connectivity index (χ0) is 18.9. The van der Waals surface area contributed by atoms with Crippen LogP contribution in [0.5, 0.6) is 0 Å². The minimum absolute atomic E-state index is 0.0444. The molecule has 0 spiro atoms. The lowest BCUT2D eigenvalue weighted by molar-refractivity contribution is -0.137. The third-order valence-electron chi connectivity index (χ3n) is 4.36. The quantitative estimate of drug-likeness (QED) is 0.875. The molecule has 1 aromatic heterocycles. The molecule has 1 atom stereocenters. The molecule has 140 valence electrons. The maximum absolute atomic E-state index is 13.0. The number of hydrogen-bond donors (Lipinski definition) is 2. The third-order valence-corrected chi connectivity index (χ3v) is 4.36. The van der Waals surface area contributed by atoms with Crippen LogP contribution in [0.4, 0.5) is 23.7 Å². The molecule has 0 bridgehead atoms. The molecule has 3 N–H and O–H groups in total. The highest BCUT2D eigenvalue weighted by Gasteiger charge is 2.32. The summed E-state index contributed by atoms with van der Waals surface area (Å²) in [7, 11) is 0. The summed E-state index contributed by atoms with van der Waals surface area (Å²) < 4.78 is 40.8. The van der Waals surface area contributed by atoms with E-state index in [-0.39, 0.29) is 18.3 Å². The maximum atomic E-state index is 13.0. The first-order valence-corrected chi connectivity index (χ1v) is 8.24. The van der Waals surface area contributed by atoms with Crippen LogP contribution in [-0.4, -0.2) is 33.8 Å². The monoisotopic (exact) mass is 367 g/mol. The molecular weight excluding hydrogens is 347 g/mol. The number of benzene rings is 1. The number of nitrogens with two attached hydrogens (primary N) is 1. The first-order valence-electron chi connectivity index (χ1n) is 8.24. The molecule has 9 heteroatoms. The number of rotatable bonds is 3. The number of aromatic nitrogens is 2. The molecule has 6 nitrogen and oxygen atoms in total. The molecule has 26 heavy (non-hydrogen) atoms. The Bertz CT molecular complexity index is 802. The fourth-order valence-electron chi connectivity index (χ4n) is 3.02. The Kier molecular flexibility index (Phi) is 4.90. The molecule has 0 aliphatic carbocycles. The van der Waals surface area contributed by atoms with E-state index in [1.54, 1.807) is 11.1 Å². The van der Waals surface area contributed by atoms with Crippen molar-refractivity contribution in [2.45, 2.75) is 32.1 Å². The summed E-state index contributed by atoms with van der Waals surface area (Å²) in [6.45, 7) is 2.86. The molecule has 1 aliphatic rings. The van der Waals surface area contributed by atoms with Crippen LogP contribution in [0.1, 0.15) is 29.2 Å². The molecule has 0 saturated carbocycles. The van der Waals surface area contributed by atoms with Gasteiger partial charge in [-0.2, -0.15) is 18.3 Å². The highest BCUT2D eigenvalue weighted by Crippen LogP contribution is 2.32. The molecule has 2 heterocycles. The van der Waals surface area contributed by atoms with Gasteiger partial charge < -0.3 is 16.0 Å². The number of nitrogens with zero attached hydrogens (tertiary/aromatic N) is 3. The van der Waals surface area contributed by atoms with Crippen LogP contribution in [0.3, 0.4) is 0 Å². The highest BCUT2D eigenvalue weighted by atomic mass is 19.4. The zero-order valence-corrected chi connectivity index (χ0v) is 14.3. The minimum Gasteiger partial charge on any atom is -0.326 e. The number of hydrogen-bond acceptors (Lipinski definition) is 3. The first-order chi connectivity index (χ1) is 12.3. The van der Waals surface area contributed by atoms with Crippen molar-refractivity contribution in [3.8, 4) is 0 Å². The van der Waals surface area contributed by atoms with Gasteiger partial charge in [-0.3, -0.25) is 4.68 Å². The van der Waals surface area contributed by atoms with Gasteiger partial charge in [0.25, 0.3) is 0 Å². The number of halogens is 3. The van der Waals surface area contributed by atoms with Gasteiger partial charge in [0.1, 0.15) is 0 Å². The first kappa shape index (κ1) is 18.2. The standard InChI is InChI=1S/C17H20F3N5O/c1-11-8-22-25(9-11)15-2-3-24(10-15)16(26)23-14-5-12(7-21)4-13(6-14)17(18,19)20/h4-6,8-9,15H,2-3,7,10,21H2,1H3,(H,23,26). The van der Waals surface area contributed by atoms with Gasteiger partial charge in [-0.05, 0) is 42.7 Å². The number of anilines is 1. The second-order valence-electron chi connectivity index (χ2n) is 6.44. The summed E-state index contributed by atoms with van der Waals surface area (Å²) in [4.78, 5) is 14.0. The molecular formula is C17H20F3N5O. The number of alkyl halides is 3. The Morgan fingerprint density at radius 3 is 2.77 bits per heavy atom. The van der Waals surface area contributed by atoms with Gasteiger partial charge in [-0.25, -0.2) is 4.79 Å². The summed E-state index contributed by atoms with van der Waals surface area (Å²) in [6.07, 6.45) is -0.0986. The molecule has 1 unspecified atom stereocenters. The lowest BCUT2D eigenvalue weighted by Crippen LogP contribution is -2.33. The van der Waals surface area contributed by atoms with E-state index < -0.39 is 17.8 Å². The summed E-state index contributed by atoms with van der Waals surface area (Å²) >= 11 is 0. The van der Waals surface area contributed by atoms with Crippen molar-refractivity contribution in [3.05, 3.63) is 47.3 Å². The Labute approximate surface area is 148 Å². The molecule has 0 radical (unpaired) electrons. The normalized spacial score (nSPS) is 17.6. The van der Waals surface area contributed by atoms with Crippen molar-refractivity contribution in [3.63, 3.8) is 0 Å². The van der Waals surface area contributed by atoms with Crippen molar-refractivity contribution in [1.29, 1.82) is 0 Å². The molecule has 1 aromatic carbocycles. The molecule has 3 rings (SSSR count). The van der Waals surface area contributed by atoms with Gasteiger partial charge in [0.15, 0.2) is 0 Å². The second kappa shape index (κ2) is 6.99. The van der Waals surface area contributed by atoms with E-state index in [1.165, 1.54) is 6.07 Å². The number of aryl methyl sites for hydroxylation is 1. The Hall–Kier alpha value is -2.55. The Balaban J connectivity index is 1.70. The Morgan fingerprint density at radius 2 is 2.15 bits per heavy atom. The summed E-state index contributed by atoms with van der Waals surface area (Å²) in [5.41, 5.74) is 6.06. The van der Waals surface area contributed by atoms with Gasteiger partial charge in [0.05, 0.1) is 17.8 Å². The SMILES string of the molecule is Cc1cnn(C2CCN(C(=O)Nc3cc(CN)cc(C(F)(F)F)c3)C2)c1. The van der Waals surface area contributed by atoms with Gasteiger partial charge >= 0.3 is 12.2 Å². The number of carbonyl (C=O) groups excluding carboxylic acids is 1. The minimum atomic E-state index is -4.50. The topological polar surface area (TPSA) is 76.2 Å². The highest BCUT2D eigenvalue weighted by molar-refractivity contribution is 5.89. The fourth-order valence-corrected chi connectivity index (χ4v) is 3.02. The van der Waals surface area contributed by atoms with Crippen LogP contribution < -0.4 is 11.1 Å². The van der Waals surface area contributed by atoms with Crippen LogP contribution >= 0.6 is 0 Å². The van der Waals surface area contributed by atoms with E-state index >= 15 is 0 Å². The molecule has 1 fully saturated rings. The molecule has 2 aromatic rings. The largest absolute Gasteiger partial charge is 0.416 e. The van der Waals surface area contributed by atoms with Crippen LogP contribution in [0.2, 0.25) is 0 Å². The third kappa shape index (κ3) is 3.98. The van der Waals surface area contributed by atoms with Crippen LogP contribution in [-0.2, 0) is 12.7 Å².